The van der Waals surface area contributed by atoms with E-state index < -0.39 is 20.0 Å². The monoisotopic (exact) mass is 714 g/mol. The number of carbonyl (C=O) groups excluding carboxylic acids is 1. The first-order valence-corrected chi connectivity index (χ1v) is 21.4. The van der Waals surface area contributed by atoms with Gasteiger partial charge in [0.2, 0.25) is 5.91 Å². The highest BCUT2D eigenvalue weighted by atomic mass is 31.2. The third kappa shape index (κ3) is 34.9. The van der Waals surface area contributed by atoms with Gasteiger partial charge >= 0.3 is 7.82 Å². The van der Waals surface area contributed by atoms with Crippen molar-refractivity contribution in [3.05, 3.63) is 36.5 Å². The van der Waals surface area contributed by atoms with Crippen LogP contribution < -0.4 is 5.32 Å². The molecule has 0 bridgehead atoms. The number of aliphatic hydroxyl groups is 1. The zero-order chi connectivity index (χ0) is 36.5. The fourth-order valence-corrected chi connectivity index (χ4v) is 6.12. The number of amides is 1. The van der Waals surface area contributed by atoms with Gasteiger partial charge in [-0.1, -0.05) is 147 Å². The number of nitrogens with one attached hydrogen (secondary N) is 1. The van der Waals surface area contributed by atoms with Gasteiger partial charge in [0.25, 0.3) is 0 Å². The number of hydrogen-bond acceptors (Lipinski definition) is 5. The number of nitrogens with zero attached hydrogens (tertiary/aromatic N) is 1. The molecule has 49 heavy (non-hydrogen) atoms. The number of phosphoric acid groups is 1. The number of likely N-dealkylation sites (N-methyl/N-ethyl adjacent to an activating group) is 1. The van der Waals surface area contributed by atoms with E-state index in [1.54, 1.807) is 6.08 Å². The van der Waals surface area contributed by atoms with E-state index in [1.165, 1.54) is 89.9 Å². The van der Waals surface area contributed by atoms with Crippen LogP contribution in [0, 0.1) is 0 Å². The fraction of sp³-hybridized carbons (Fsp3) is 0.825. The molecule has 3 atom stereocenters. The summed E-state index contributed by atoms with van der Waals surface area (Å²) in [4.78, 5) is 23.0. The topological polar surface area (TPSA) is 105 Å². The summed E-state index contributed by atoms with van der Waals surface area (Å²) in [7, 11) is 1.56. The number of allylic oxidation sites excluding steroid dienone is 5. The van der Waals surface area contributed by atoms with Gasteiger partial charge < -0.3 is 19.8 Å². The zero-order valence-electron chi connectivity index (χ0n) is 32.4. The second kappa shape index (κ2) is 32.6. The highest BCUT2D eigenvalue weighted by molar-refractivity contribution is 7.47. The molecule has 0 aliphatic rings. The first kappa shape index (κ1) is 47.7. The molecule has 0 fully saturated rings. The van der Waals surface area contributed by atoms with Crippen LogP contribution in [-0.2, 0) is 18.4 Å². The molecule has 0 aromatic heterocycles. The first-order valence-electron chi connectivity index (χ1n) is 19.9. The SMILES string of the molecule is CCCCC/C=C\C=C/CCCCCCCCC(=O)NC(COP(=O)(O)OCC[N+](C)(C)C)C(O)/C=C/CCCCCCCCCCCC. The molecular formula is C40H78N2O6P+. The molecule has 0 radical (unpaired) electrons. The molecule has 0 aromatic rings. The lowest BCUT2D eigenvalue weighted by atomic mass is 10.1. The summed E-state index contributed by atoms with van der Waals surface area (Å²) >= 11 is 0. The standard InChI is InChI=1S/C40H77N2O6P/c1-6-8-10-12-14-16-18-20-21-22-24-26-28-30-32-34-40(44)41-38(37-48-49(45,46)47-36-35-42(3,4)5)39(43)33-31-29-27-25-23-19-17-15-13-11-9-7-2/h14,16,18,20,31,33,38-39,43H,6-13,15,17,19,21-30,32,34-37H2,1-5H3,(H-,41,44,45,46)/p+1/b16-14-,20-18-,33-31+. The molecule has 0 heterocycles. The van der Waals surface area contributed by atoms with Crippen LogP contribution in [0.15, 0.2) is 36.5 Å². The average molecular weight is 714 g/mol. The van der Waals surface area contributed by atoms with Crippen LogP contribution >= 0.6 is 7.82 Å². The van der Waals surface area contributed by atoms with Gasteiger partial charge in [-0.15, -0.1) is 0 Å². The number of unbranched alkanes of at least 4 members (excludes halogenated alkanes) is 19. The predicted octanol–water partition coefficient (Wildman–Crippen LogP) is 10.4. The Kier molecular flexibility index (Phi) is 31.8. The normalized spacial score (nSPS) is 15.0. The summed E-state index contributed by atoms with van der Waals surface area (Å²) in [5, 5.41) is 13.7. The van der Waals surface area contributed by atoms with Crippen molar-refractivity contribution in [1.82, 2.24) is 5.32 Å². The molecule has 3 N–H and O–H groups in total. The third-order valence-electron chi connectivity index (χ3n) is 8.63. The minimum atomic E-state index is -4.33. The van der Waals surface area contributed by atoms with E-state index >= 15 is 0 Å². The number of carbonyl (C=O) groups is 1. The average Bonchev–Trinajstić information content (AvgIpc) is 3.04. The Morgan fingerprint density at radius 3 is 1.67 bits per heavy atom. The molecular weight excluding hydrogens is 635 g/mol. The van der Waals surface area contributed by atoms with Crippen molar-refractivity contribution in [1.29, 1.82) is 0 Å². The van der Waals surface area contributed by atoms with Gasteiger partial charge in [-0.3, -0.25) is 13.8 Å². The molecule has 0 saturated heterocycles. The van der Waals surface area contributed by atoms with Crippen molar-refractivity contribution in [2.75, 3.05) is 40.9 Å². The van der Waals surface area contributed by atoms with Crippen molar-refractivity contribution < 1.29 is 32.9 Å². The summed E-state index contributed by atoms with van der Waals surface area (Å²) in [5.41, 5.74) is 0. The molecule has 9 heteroatoms. The van der Waals surface area contributed by atoms with E-state index in [4.69, 9.17) is 9.05 Å². The van der Waals surface area contributed by atoms with Crippen LogP contribution in [-0.4, -0.2) is 73.4 Å². The minimum absolute atomic E-state index is 0.0584. The van der Waals surface area contributed by atoms with Gasteiger partial charge in [-0.2, -0.15) is 0 Å². The molecule has 0 spiro atoms. The van der Waals surface area contributed by atoms with Crippen LogP contribution in [0.4, 0.5) is 0 Å². The third-order valence-corrected chi connectivity index (χ3v) is 9.62. The van der Waals surface area contributed by atoms with Gasteiger partial charge in [0, 0.05) is 6.42 Å². The van der Waals surface area contributed by atoms with Crippen LogP contribution in [0.3, 0.4) is 0 Å². The van der Waals surface area contributed by atoms with E-state index in [0.717, 1.165) is 51.4 Å². The van der Waals surface area contributed by atoms with Gasteiger partial charge in [0.05, 0.1) is 39.9 Å². The van der Waals surface area contributed by atoms with Crippen LogP contribution in [0.25, 0.3) is 0 Å². The van der Waals surface area contributed by atoms with Gasteiger partial charge in [0.1, 0.15) is 13.2 Å². The number of quaternary nitrogens is 1. The quantitative estimate of drug-likeness (QED) is 0.0199. The van der Waals surface area contributed by atoms with Gasteiger partial charge in [-0.05, 0) is 44.9 Å². The second-order valence-corrected chi connectivity index (χ2v) is 16.1. The van der Waals surface area contributed by atoms with Crippen molar-refractivity contribution in [2.45, 2.75) is 174 Å². The highest BCUT2D eigenvalue weighted by Crippen LogP contribution is 2.43. The summed E-state index contributed by atoms with van der Waals surface area (Å²) in [6.07, 6.45) is 37.7. The lowest BCUT2D eigenvalue weighted by Gasteiger charge is -2.25. The summed E-state index contributed by atoms with van der Waals surface area (Å²) in [5.74, 6) is -0.192. The molecule has 1 amide bonds. The molecule has 288 valence electrons. The lowest BCUT2D eigenvalue weighted by Crippen LogP contribution is -2.45. The summed E-state index contributed by atoms with van der Waals surface area (Å²) in [6, 6.07) is -0.849. The Morgan fingerprint density at radius 2 is 1.14 bits per heavy atom. The van der Waals surface area contributed by atoms with Crippen molar-refractivity contribution >= 4 is 13.7 Å². The van der Waals surface area contributed by atoms with Gasteiger partial charge in [-0.25, -0.2) is 4.57 Å². The highest BCUT2D eigenvalue weighted by Gasteiger charge is 2.27. The molecule has 0 aromatic carbocycles. The first-order chi connectivity index (χ1) is 23.5. The molecule has 0 aliphatic carbocycles. The predicted molar refractivity (Wildman–Crippen MR) is 208 cm³/mol. The van der Waals surface area contributed by atoms with E-state index in [2.05, 4.69) is 43.5 Å². The van der Waals surface area contributed by atoms with E-state index in [0.29, 0.717) is 17.4 Å². The number of aliphatic hydroxyl groups excluding tert-OH is 1. The number of rotatable bonds is 35. The van der Waals surface area contributed by atoms with E-state index in [-0.39, 0.29) is 19.1 Å². The Hall–Kier alpha value is -1.28. The Balaban J connectivity index is 4.54. The summed E-state index contributed by atoms with van der Waals surface area (Å²) in [6.45, 7) is 4.74. The Bertz CT molecular complexity index is 902. The smallest absolute Gasteiger partial charge is 0.387 e. The second-order valence-electron chi connectivity index (χ2n) is 14.7. The van der Waals surface area contributed by atoms with Crippen molar-refractivity contribution in [3.63, 3.8) is 0 Å². The zero-order valence-corrected chi connectivity index (χ0v) is 33.3. The van der Waals surface area contributed by atoms with Crippen LogP contribution in [0.1, 0.15) is 162 Å². The van der Waals surface area contributed by atoms with Crippen LogP contribution in [0.2, 0.25) is 0 Å². The van der Waals surface area contributed by atoms with Crippen molar-refractivity contribution in [3.8, 4) is 0 Å². The van der Waals surface area contributed by atoms with Crippen LogP contribution in [0.5, 0.6) is 0 Å². The van der Waals surface area contributed by atoms with E-state index in [9.17, 15) is 19.4 Å². The molecule has 3 unspecified atom stereocenters. The molecule has 0 saturated carbocycles. The lowest BCUT2D eigenvalue weighted by molar-refractivity contribution is -0.870. The summed E-state index contributed by atoms with van der Waals surface area (Å²) < 4.78 is 23.4. The minimum Gasteiger partial charge on any atom is -0.387 e. The molecule has 8 nitrogen and oxygen atoms in total. The molecule has 0 aliphatic heterocycles. The maximum atomic E-state index is 12.8. The van der Waals surface area contributed by atoms with Gasteiger partial charge in [0.15, 0.2) is 0 Å². The number of phosphoric ester groups is 1. The van der Waals surface area contributed by atoms with Crippen molar-refractivity contribution in [2.24, 2.45) is 0 Å². The fourth-order valence-electron chi connectivity index (χ4n) is 5.38. The van der Waals surface area contributed by atoms with E-state index in [1.807, 2.05) is 27.2 Å². The Labute approximate surface area is 302 Å². The largest absolute Gasteiger partial charge is 0.472 e. The molecule has 0 rings (SSSR count). The Morgan fingerprint density at radius 1 is 0.694 bits per heavy atom. The maximum absolute atomic E-state index is 12.8. The maximum Gasteiger partial charge on any atom is 0.472 e. The number of hydrogen-bond donors (Lipinski definition) is 3.